The molecule has 0 aliphatic carbocycles. The van der Waals surface area contributed by atoms with Crippen LogP contribution in [0.5, 0.6) is 0 Å². The van der Waals surface area contributed by atoms with Gasteiger partial charge in [0.05, 0.1) is 5.57 Å². The summed E-state index contributed by atoms with van der Waals surface area (Å²) in [4.78, 5) is 14.6. The third kappa shape index (κ3) is 3.38. The molecule has 1 unspecified atom stereocenters. The number of carbonyl (C=O) groups is 1. The minimum Gasteiger partial charge on any atom is -0.459 e. The molecule has 3 nitrogen and oxygen atoms in total. The van der Waals surface area contributed by atoms with Gasteiger partial charge in [-0.1, -0.05) is 36.9 Å². The van der Waals surface area contributed by atoms with Gasteiger partial charge in [-0.2, -0.15) is 0 Å². The number of hydrogen-bond acceptors (Lipinski definition) is 3. The van der Waals surface area contributed by atoms with E-state index in [1.165, 1.54) is 12.8 Å². The van der Waals surface area contributed by atoms with Gasteiger partial charge >= 0.3 is 5.97 Å². The SMILES string of the molecule is Br.C=C(C(=O)OC1C[C@H]2CC[C@@H](C1)N2C)c1ccccc1. The lowest BCUT2D eigenvalue weighted by Crippen LogP contribution is -2.43. The summed E-state index contributed by atoms with van der Waals surface area (Å²) in [6.45, 7) is 3.87. The average Bonchev–Trinajstić information content (AvgIpc) is 2.69. The van der Waals surface area contributed by atoms with E-state index in [1.54, 1.807) is 0 Å². The zero-order chi connectivity index (χ0) is 14.1. The van der Waals surface area contributed by atoms with Crippen molar-refractivity contribution in [1.29, 1.82) is 0 Å². The molecule has 0 N–H and O–H groups in total. The Hall–Kier alpha value is -1.13. The molecule has 2 saturated heterocycles. The van der Waals surface area contributed by atoms with Crippen molar-refractivity contribution in [2.45, 2.75) is 43.9 Å². The number of rotatable bonds is 3. The lowest BCUT2D eigenvalue weighted by molar-refractivity contribution is -0.145. The summed E-state index contributed by atoms with van der Waals surface area (Å²) in [5.74, 6) is -0.273. The molecule has 4 heteroatoms. The van der Waals surface area contributed by atoms with Gasteiger partial charge in [-0.05, 0) is 25.5 Å². The molecule has 1 aromatic rings. The van der Waals surface area contributed by atoms with E-state index in [9.17, 15) is 4.79 Å². The van der Waals surface area contributed by atoms with Crippen LogP contribution in [-0.4, -0.2) is 36.1 Å². The van der Waals surface area contributed by atoms with Crippen LogP contribution in [0.4, 0.5) is 0 Å². The molecule has 0 saturated carbocycles. The molecule has 21 heavy (non-hydrogen) atoms. The maximum absolute atomic E-state index is 12.2. The molecular formula is C17H22BrNO2. The number of carbonyl (C=O) groups excluding carboxylic acids is 1. The zero-order valence-electron chi connectivity index (χ0n) is 12.3. The van der Waals surface area contributed by atoms with Gasteiger partial charge in [0.25, 0.3) is 0 Å². The van der Waals surface area contributed by atoms with Gasteiger partial charge in [0.15, 0.2) is 0 Å². The number of fused-ring (bicyclic) bond motifs is 2. The van der Waals surface area contributed by atoms with E-state index in [4.69, 9.17) is 4.74 Å². The number of halogens is 1. The number of piperidine rings is 1. The molecule has 0 spiro atoms. The first kappa shape index (κ1) is 16.2. The smallest absolute Gasteiger partial charge is 0.338 e. The van der Waals surface area contributed by atoms with E-state index < -0.39 is 0 Å². The van der Waals surface area contributed by atoms with Crippen molar-refractivity contribution in [3.05, 3.63) is 42.5 Å². The van der Waals surface area contributed by atoms with Crippen LogP contribution in [0.25, 0.3) is 5.57 Å². The molecule has 1 aromatic carbocycles. The van der Waals surface area contributed by atoms with Gasteiger partial charge < -0.3 is 9.64 Å². The molecule has 3 atom stereocenters. The zero-order valence-corrected chi connectivity index (χ0v) is 14.0. The van der Waals surface area contributed by atoms with Crippen LogP contribution in [-0.2, 0) is 9.53 Å². The molecule has 0 radical (unpaired) electrons. The van der Waals surface area contributed by atoms with Crippen molar-refractivity contribution in [1.82, 2.24) is 4.90 Å². The minimum absolute atomic E-state index is 0. The van der Waals surface area contributed by atoms with Gasteiger partial charge in [0.2, 0.25) is 0 Å². The summed E-state index contributed by atoms with van der Waals surface area (Å²) in [6, 6.07) is 10.7. The van der Waals surface area contributed by atoms with Gasteiger partial charge in [-0.3, -0.25) is 0 Å². The summed E-state index contributed by atoms with van der Waals surface area (Å²) in [5, 5.41) is 0. The average molecular weight is 352 g/mol. The van der Waals surface area contributed by atoms with E-state index in [-0.39, 0.29) is 29.1 Å². The van der Waals surface area contributed by atoms with Crippen molar-refractivity contribution >= 4 is 28.5 Å². The molecule has 2 heterocycles. The van der Waals surface area contributed by atoms with Crippen LogP contribution in [0.3, 0.4) is 0 Å². The Labute approximate surface area is 136 Å². The second-order valence-corrected chi connectivity index (χ2v) is 5.89. The van der Waals surface area contributed by atoms with Crippen molar-refractivity contribution in [3.8, 4) is 0 Å². The van der Waals surface area contributed by atoms with E-state index >= 15 is 0 Å². The highest BCUT2D eigenvalue weighted by molar-refractivity contribution is 8.93. The third-order valence-electron chi connectivity index (χ3n) is 4.70. The fourth-order valence-corrected chi connectivity index (χ4v) is 3.44. The number of esters is 1. The fraction of sp³-hybridized carbons (Fsp3) is 0.471. The molecule has 0 aromatic heterocycles. The van der Waals surface area contributed by atoms with Gasteiger partial charge in [0.1, 0.15) is 6.10 Å². The highest BCUT2D eigenvalue weighted by atomic mass is 79.9. The third-order valence-corrected chi connectivity index (χ3v) is 4.70. The number of nitrogens with zero attached hydrogens (tertiary/aromatic N) is 1. The second kappa shape index (κ2) is 6.75. The number of hydrogen-bond donors (Lipinski definition) is 0. The first-order valence-corrected chi connectivity index (χ1v) is 7.32. The Kier molecular flexibility index (Phi) is 5.22. The second-order valence-electron chi connectivity index (χ2n) is 5.89. The van der Waals surface area contributed by atoms with E-state index in [0.29, 0.717) is 17.7 Å². The Bertz CT molecular complexity index is 503. The number of ether oxygens (including phenoxy) is 1. The van der Waals surface area contributed by atoms with E-state index in [0.717, 1.165) is 18.4 Å². The van der Waals surface area contributed by atoms with Crippen LogP contribution in [0, 0.1) is 0 Å². The summed E-state index contributed by atoms with van der Waals surface area (Å²) in [7, 11) is 2.18. The molecule has 2 fully saturated rings. The van der Waals surface area contributed by atoms with Crippen LogP contribution in [0.2, 0.25) is 0 Å². The van der Waals surface area contributed by atoms with Crippen LogP contribution < -0.4 is 0 Å². The van der Waals surface area contributed by atoms with Gasteiger partial charge in [-0.15, -0.1) is 17.0 Å². The number of benzene rings is 1. The summed E-state index contributed by atoms with van der Waals surface area (Å²) >= 11 is 0. The van der Waals surface area contributed by atoms with Gasteiger partial charge in [0, 0.05) is 24.9 Å². The molecule has 2 bridgehead atoms. The highest BCUT2D eigenvalue weighted by Crippen LogP contribution is 2.35. The monoisotopic (exact) mass is 351 g/mol. The van der Waals surface area contributed by atoms with E-state index in [1.807, 2.05) is 30.3 Å². The first-order valence-electron chi connectivity index (χ1n) is 7.32. The summed E-state index contributed by atoms with van der Waals surface area (Å²) in [6.07, 6.45) is 4.43. The highest BCUT2D eigenvalue weighted by Gasteiger charge is 2.39. The van der Waals surface area contributed by atoms with Crippen LogP contribution in [0.15, 0.2) is 36.9 Å². The predicted molar refractivity (Wildman–Crippen MR) is 89.5 cm³/mol. The van der Waals surface area contributed by atoms with Crippen LogP contribution >= 0.6 is 17.0 Å². The van der Waals surface area contributed by atoms with E-state index in [2.05, 4.69) is 18.5 Å². The molecule has 0 amide bonds. The van der Waals surface area contributed by atoms with Gasteiger partial charge in [-0.25, -0.2) is 4.79 Å². The normalized spacial score (nSPS) is 27.8. The fourth-order valence-electron chi connectivity index (χ4n) is 3.44. The Balaban J connectivity index is 0.00000161. The minimum atomic E-state index is -0.273. The lowest BCUT2D eigenvalue weighted by Gasteiger charge is -2.35. The molecular weight excluding hydrogens is 330 g/mol. The first-order chi connectivity index (χ1) is 9.65. The maximum atomic E-state index is 12.2. The lowest BCUT2D eigenvalue weighted by atomic mass is 10.0. The summed E-state index contributed by atoms with van der Waals surface area (Å²) < 4.78 is 5.67. The molecule has 2 aliphatic heterocycles. The molecule has 2 aliphatic rings. The van der Waals surface area contributed by atoms with Crippen molar-refractivity contribution < 1.29 is 9.53 Å². The Morgan fingerprint density at radius 1 is 1.19 bits per heavy atom. The van der Waals surface area contributed by atoms with Crippen molar-refractivity contribution in [2.24, 2.45) is 0 Å². The Morgan fingerprint density at radius 2 is 1.76 bits per heavy atom. The predicted octanol–water partition coefficient (Wildman–Crippen LogP) is 3.45. The molecule has 114 valence electrons. The molecule has 3 rings (SSSR count). The quantitative estimate of drug-likeness (QED) is 0.617. The Morgan fingerprint density at radius 3 is 2.33 bits per heavy atom. The standard InChI is InChI=1S/C17H21NO2.BrH/c1-12(13-6-4-3-5-7-13)17(19)20-16-10-14-8-9-15(11-16)18(14)2;/h3-7,14-16H,1,8-11H2,2H3;1H/t14-,15+,16?;. The topological polar surface area (TPSA) is 29.5 Å². The largest absolute Gasteiger partial charge is 0.459 e. The van der Waals surface area contributed by atoms with Crippen LogP contribution in [0.1, 0.15) is 31.2 Å². The van der Waals surface area contributed by atoms with Crippen molar-refractivity contribution in [3.63, 3.8) is 0 Å². The summed E-state index contributed by atoms with van der Waals surface area (Å²) in [5.41, 5.74) is 1.30. The van der Waals surface area contributed by atoms with Crippen molar-refractivity contribution in [2.75, 3.05) is 7.05 Å². The maximum Gasteiger partial charge on any atom is 0.338 e.